The van der Waals surface area contributed by atoms with Crippen LogP contribution in [0.2, 0.25) is 0 Å². The first-order valence-electron chi connectivity index (χ1n) is 6.41. The number of rotatable bonds is 7. The molecule has 0 spiro atoms. The largest absolute Gasteiger partial charge is 0.383 e. The molecule has 1 aromatic heterocycles. The normalized spacial score (nSPS) is 12.3. The van der Waals surface area contributed by atoms with Crippen molar-refractivity contribution in [3.63, 3.8) is 0 Å². The van der Waals surface area contributed by atoms with Crippen LogP contribution >= 0.6 is 0 Å². The molecule has 0 saturated carbocycles. The van der Waals surface area contributed by atoms with E-state index in [-0.39, 0.29) is 0 Å². The van der Waals surface area contributed by atoms with Gasteiger partial charge in [0.2, 0.25) is 5.95 Å². The Bertz CT molecular complexity index is 370. The lowest BCUT2D eigenvalue weighted by molar-refractivity contribution is 0.203. The second kappa shape index (κ2) is 7.16. The van der Waals surface area contributed by atoms with E-state index in [1.54, 1.807) is 7.11 Å². The van der Waals surface area contributed by atoms with Crippen molar-refractivity contribution in [1.29, 1.82) is 0 Å². The second-order valence-corrected chi connectivity index (χ2v) is 4.38. The maximum absolute atomic E-state index is 5.17. The van der Waals surface area contributed by atoms with Gasteiger partial charge in [-0.3, -0.25) is 0 Å². The van der Waals surface area contributed by atoms with E-state index in [4.69, 9.17) is 4.74 Å². The van der Waals surface area contributed by atoms with E-state index in [1.807, 2.05) is 20.0 Å². The van der Waals surface area contributed by atoms with Crippen molar-refractivity contribution in [3.8, 4) is 0 Å². The summed E-state index contributed by atoms with van der Waals surface area (Å²) in [4.78, 5) is 11.1. The molecule has 1 unspecified atom stereocenters. The second-order valence-electron chi connectivity index (χ2n) is 4.38. The van der Waals surface area contributed by atoms with Gasteiger partial charge in [-0.1, -0.05) is 6.92 Å². The van der Waals surface area contributed by atoms with Crippen LogP contribution < -0.4 is 10.2 Å². The highest BCUT2D eigenvalue weighted by molar-refractivity contribution is 5.45. The van der Waals surface area contributed by atoms with Crippen molar-refractivity contribution in [2.24, 2.45) is 0 Å². The number of nitrogens with one attached hydrogen (secondary N) is 1. The molecule has 102 valence electrons. The van der Waals surface area contributed by atoms with Crippen molar-refractivity contribution in [2.45, 2.75) is 33.2 Å². The highest BCUT2D eigenvalue weighted by Gasteiger charge is 2.15. The average molecular weight is 252 g/mol. The fourth-order valence-corrected chi connectivity index (χ4v) is 1.78. The van der Waals surface area contributed by atoms with Gasteiger partial charge in [-0.05, 0) is 20.3 Å². The highest BCUT2D eigenvalue weighted by atomic mass is 16.5. The molecule has 0 aromatic carbocycles. The smallest absolute Gasteiger partial charge is 0.224 e. The van der Waals surface area contributed by atoms with Crippen molar-refractivity contribution >= 4 is 11.8 Å². The van der Waals surface area contributed by atoms with Crippen LogP contribution in [0.5, 0.6) is 0 Å². The number of methoxy groups -OCH3 is 1. The predicted octanol–water partition coefficient (Wildman–Crippen LogP) is 2.08. The van der Waals surface area contributed by atoms with Crippen molar-refractivity contribution in [3.05, 3.63) is 11.8 Å². The SMILES string of the molecule is CCC(C)N(CCOC)c1cc(C)nc(NC)n1. The van der Waals surface area contributed by atoms with Crippen LogP contribution in [-0.2, 0) is 4.74 Å². The van der Waals surface area contributed by atoms with Gasteiger partial charge in [-0.2, -0.15) is 4.98 Å². The molecule has 5 heteroatoms. The third-order valence-electron chi connectivity index (χ3n) is 3.02. The van der Waals surface area contributed by atoms with E-state index in [0.29, 0.717) is 18.6 Å². The zero-order valence-corrected chi connectivity index (χ0v) is 12.0. The maximum Gasteiger partial charge on any atom is 0.224 e. The highest BCUT2D eigenvalue weighted by Crippen LogP contribution is 2.18. The number of hydrogen-bond acceptors (Lipinski definition) is 5. The van der Waals surface area contributed by atoms with Gasteiger partial charge in [0.05, 0.1) is 6.61 Å². The third-order valence-corrected chi connectivity index (χ3v) is 3.02. The number of aromatic nitrogens is 2. The Morgan fingerprint density at radius 3 is 2.72 bits per heavy atom. The van der Waals surface area contributed by atoms with Crippen molar-refractivity contribution < 1.29 is 4.74 Å². The van der Waals surface area contributed by atoms with E-state index >= 15 is 0 Å². The molecule has 0 amide bonds. The molecule has 0 aliphatic carbocycles. The zero-order valence-electron chi connectivity index (χ0n) is 12.0. The first-order chi connectivity index (χ1) is 8.62. The van der Waals surface area contributed by atoms with E-state index < -0.39 is 0 Å². The molecule has 0 bridgehead atoms. The van der Waals surface area contributed by atoms with Gasteiger partial charge in [0.1, 0.15) is 5.82 Å². The Labute approximate surface area is 110 Å². The quantitative estimate of drug-likeness (QED) is 0.805. The molecular weight excluding hydrogens is 228 g/mol. The fourth-order valence-electron chi connectivity index (χ4n) is 1.78. The van der Waals surface area contributed by atoms with E-state index in [0.717, 1.165) is 24.5 Å². The van der Waals surface area contributed by atoms with Gasteiger partial charge in [0, 0.05) is 38.5 Å². The van der Waals surface area contributed by atoms with E-state index in [2.05, 4.69) is 34.0 Å². The summed E-state index contributed by atoms with van der Waals surface area (Å²) in [6.45, 7) is 7.90. The number of aryl methyl sites for hydroxylation is 1. The zero-order chi connectivity index (χ0) is 13.5. The standard InChI is InChI=1S/C13H24N4O/c1-6-11(3)17(7-8-18-5)12-9-10(2)15-13(14-4)16-12/h9,11H,6-8H2,1-5H3,(H,14,15,16). The van der Waals surface area contributed by atoms with Gasteiger partial charge >= 0.3 is 0 Å². The summed E-state index contributed by atoms with van der Waals surface area (Å²) in [5, 5.41) is 3.00. The summed E-state index contributed by atoms with van der Waals surface area (Å²) in [6, 6.07) is 2.45. The van der Waals surface area contributed by atoms with Crippen molar-refractivity contribution in [1.82, 2.24) is 9.97 Å². The molecule has 1 aromatic rings. The summed E-state index contributed by atoms with van der Waals surface area (Å²) >= 11 is 0. The Morgan fingerprint density at radius 1 is 1.44 bits per heavy atom. The number of nitrogens with zero attached hydrogens (tertiary/aromatic N) is 3. The molecule has 0 radical (unpaired) electrons. The summed E-state index contributed by atoms with van der Waals surface area (Å²) in [7, 11) is 3.56. The molecule has 1 N–H and O–H groups in total. The minimum atomic E-state index is 0.430. The van der Waals surface area contributed by atoms with E-state index in [9.17, 15) is 0 Å². The monoisotopic (exact) mass is 252 g/mol. The van der Waals surface area contributed by atoms with Crippen LogP contribution in [0.3, 0.4) is 0 Å². The summed E-state index contributed by atoms with van der Waals surface area (Å²) < 4.78 is 5.17. The summed E-state index contributed by atoms with van der Waals surface area (Å²) in [5.74, 6) is 1.62. The molecule has 0 aliphatic rings. The van der Waals surface area contributed by atoms with Crippen molar-refractivity contribution in [2.75, 3.05) is 37.5 Å². The van der Waals surface area contributed by atoms with Crippen LogP contribution in [-0.4, -0.2) is 43.3 Å². The number of hydrogen-bond donors (Lipinski definition) is 1. The fraction of sp³-hybridized carbons (Fsp3) is 0.692. The molecular formula is C13H24N4O. The first-order valence-corrected chi connectivity index (χ1v) is 6.41. The topological polar surface area (TPSA) is 50.3 Å². The number of ether oxygens (including phenoxy) is 1. The molecule has 0 fully saturated rings. The van der Waals surface area contributed by atoms with Crippen LogP contribution in [0.1, 0.15) is 26.0 Å². The van der Waals surface area contributed by atoms with Gasteiger partial charge in [-0.25, -0.2) is 4.98 Å². The Kier molecular flexibility index (Phi) is 5.85. The van der Waals surface area contributed by atoms with Crippen LogP contribution in [0.15, 0.2) is 6.07 Å². The van der Waals surface area contributed by atoms with Crippen LogP contribution in [0.4, 0.5) is 11.8 Å². The molecule has 5 nitrogen and oxygen atoms in total. The van der Waals surface area contributed by atoms with Gasteiger partial charge in [-0.15, -0.1) is 0 Å². The van der Waals surface area contributed by atoms with Crippen LogP contribution in [0.25, 0.3) is 0 Å². The maximum atomic E-state index is 5.17. The molecule has 18 heavy (non-hydrogen) atoms. The molecule has 1 atom stereocenters. The van der Waals surface area contributed by atoms with Gasteiger partial charge < -0.3 is 15.0 Å². The molecule has 1 heterocycles. The lowest BCUT2D eigenvalue weighted by atomic mass is 10.2. The van der Waals surface area contributed by atoms with Gasteiger partial charge in [0.25, 0.3) is 0 Å². The predicted molar refractivity (Wildman–Crippen MR) is 75.3 cm³/mol. The van der Waals surface area contributed by atoms with Gasteiger partial charge in [0.15, 0.2) is 0 Å². The lowest BCUT2D eigenvalue weighted by Crippen LogP contribution is -2.36. The summed E-state index contributed by atoms with van der Waals surface area (Å²) in [5.41, 5.74) is 0.968. The minimum Gasteiger partial charge on any atom is -0.383 e. The Balaban J connectivity index is 2.99. The molecule has 0 aliphatic heterocycles. The molecule has 0 saturated heterocycles. The average Bonchev–Trinajstić information content (AvgIpc) is 2.38. The summed E-state index contributed by atoms with van der Waals surface area (Å²) in [6.07, 6.45) is 1.07. The Morgan fingerprint density at radius 2 is 2.17 bits per heavy atom. The van der Waals surface area contributed by atoms with E-state index in [1.165, 1.54) is 0 Å². The first kappa shape index (κ1) is 14.7. The minimum absolute atomic E-state index is 0.430. The lowest BCUT2D eigenvalue weighted by Gasteiger charge is -2.29. The van der Waals surface area contributed by atoms with Crippen LogP contribution in [0, 0.1) is 6.92 Å². The third kappa shape index (κ3) is 3.84. The number of anilines is 2. The molecule has 1 rings (SSSR count). The Hall–Kier alpha value is -1.36.